The van der Waals surface area contributed by atoms with E-state index < -0.39 is 5.60 Å². The van der Waals surface area contributed by atoms with Gasteiger partial charge in [-0.25, -0.2) is 0 Å². The fourth-order valence-electron chi connectivity index (χ4n) is 2.38. The van der Waals surface area contributed by atoms with Gasteiger partial charge in [0.25, 0.3) is 5.56 Å². The highest BCUT2D eigenvalue weighted by atomic mass is 16.5. The molecular formula is C16H14N2O4. The van der Waals surface area contributed by atoms with Gasteiger partial charge in [-0.05, 0) is 38.1 Å². The molecule has 112 valence electrons. The van der Waals surface area contributed by atoms with Crippen LogP contribution in [0.5, 0.6) is 11.6 Å². The number of aromatic hydroxyl groups is 1. The summed E-state index contributed by atoms with van der Waals surface area (Å²) >= 11 is 0. The van der Waals surface area contributed by atoms with Gasteiger partial charge in [-0.3, -0.25) is 9.59 Å². The van der Waals surface area contributed by atoms with Crippen LogP contribution in [0.25, 0.3) is 5.70 Å². The van der Waals surface area contributed by atoms with Gasteiger partial charge in [-0.1, -0.05) is 0 Å². The van der Waals surface area contributed by atoms with E-state index in [0.717, 1.165) is 11.0 Å². The van der Waals surface area contributed by atoms with Crippen molar-refractivity contribution in [2.75, 3.05) is 0 Å². The van der Waals surface area contributed by atoms with Crippen LogP contribution in [-0.4, -0.2) is 26.8 Å². The summed E-state index contributed by atoms with van der Waals surface area (Å²) in [4.78, 5) is 23.1. The zero-order valence-corrected chi connectivity index (χ0v) is 12.1. The molecule has 0 saturated carbocycles. The van der Waals surface area contributed by atoms with Crippen LogP contribution in [0.15, 0.2) is 41.2 Å². The average molecular weight is 298 g/mol. The van der Waals surface area contributed by atoms with Gasteiger partial charge in [0.2, 0.25) is 5.88 Å². The van der Waals surface area contributed by atoms with Gasteiger partial charge < -0.3 is 9.84 Å². The minimum atomic E-state index is -0.655. The average Bonchev–Trinajstić information content (AvgIpc) is 2.47. The van der Waals surface area contributed by atoms with Crippen LogP contribution in [0.3, 0.4) is 0 Å². The van der Waals surface area contributed by atoms with E-state index in [1.54, 1.807) is 24.3 Å². The highest BCUT2D eigenvalue weighted by Crippen LogP contribution is 2.36. The largest absolute Gasteiger partial charge is 0.492 e. The molecule has 0 saturated heterocycles. The van der Waals surface area contributed by atoms with E-state index in [-0.39, 0.29) is 11.4 Å². The molecule has 0 aliphatic carbocycles. The van der Waals surface area contributed by atoms with E-state index in [0.29, 0.717) is 22.6 Å². The molecule has 0 atom stereocenters. The molecule has 1 aliphatic rings. The van der Waals surface area contributed by atoms with E-state index in [4.69, 9.17) is 4.74 Å². The van der Waals surface area contributed by atoms with Crippen molar-refractivity contribution in [2.24, 2.45) is 0 Å². The number of carbonyl (C=O) groups is 1. The molecular weight excluding hydrogens is 284 g/mol. The Morgan fingerprint density at radius 1 is 1.27 bits per heavy atom. The predicted octanol–water partition coefficient (Wildman–Crippen LogP) is 1.82. The first kappa shape index (κ1) is 14.1. The standard InChI is InChI=1S/C16H14N2O4/c1-16(2)8-12(18-15(21)6-5-14(20)17-18)11-7-10(9-19)3-4-13(11)22-16/h3-9H,1-2H3,(H,17,20). The van der Waals surface area contributed by atoms with Crippen LogP contribution in [-0.2, 0) is 0 Å². The molecule has 0 unspecified atom stereocenters. The summed E-state index contributed by atoms with van der Waals surface area (Å²) in [5.74, 6) is 0.281. The number of rotatable bonds is 2. The first-order valence-electron chi connectivity index (χ1n) is 6.71. The minimum absolute atomic E-state index is 0.266. The van der Waals surface area contributed by atoms with Crippen molar-refractivity contribution in [1.82, 2.24) is 9.78 Å². The quantitative estimate of drug-likeness (QED) is 0.855. The number of ether oxygens (including phenoxy) is 1. The topological polar surface area (TPSA) is 81.4 Å². The van der Waals surface area contributed by atoms with E-state index in [2.05, 4.69) is 5.10 Å². The van der Waals surface area contributed by atoms with Crippen molar-refractivity contribution in [2.45, 2.75) is 19.4 Å². The Morgan fingerprint density at radius 2 is 2.05 bits per heavy atom. The SMILES string of the molecule is CC1(C)C=C(n2nc(O)ccc2=O)c2cc(C=O)ccc2O1. The molecule has 1 N–H and O–H groups in total. The number of hydrogen-bond donors (Lipinski definition) is 1. The monoisotopic (exact) mass is 298 g/mol. The fraction of sp³-hybridized carbons (Fsp3) is 0.188. The fourth-order valence-corrected chi connectivity index (χ4v) is 2.38. The highest BCUT2D eigenvalue weighted by molar-refractivity contribution is 5.81. The summed E-state index contributed by atoms with van der Waals surface area (Å²) in [5.41, 5.74) is 0.461. The number of hydrogen-bond acceptors (Lipinski definition) is 5. The lowest BCUT2D eigenvalue weighted by Gasteiger charge is -2.31. The molecule has 22 heavy (non-hydrogen) atoms. The van der Waals surface area contributed by atoms with Crippen LogP contribution in [0.1, 0.15) is 29.8 Å². The Morgan fingerprint density at radius 3 is 2.77 bits per heavy atom. The Hall–Kier alpha value is -2.89. The van der Waals surface area contributed by atoms with Crippen molar-refractivity contribution >= 4 is 12.0 Å². The normalized spacial score (nSPS) is 15.5. The first-order valence-corrected chi connectivity index (χ1v) is 6.71. The lowest BCUT2D eigenvalue weighted by atomic mass is 9.98. The lowest BCUT2D eigenvalue weighted by molar-refractivity contribution is 0.112. The van der Waals surface area contributed by atoms with Crippen molar-refractivity contribution in [3.05, 3.63) is 57.9 Å². The van der Waals surface area contributed by atoms with Gasteiger partial charge in [0.05, 0.1) is 5.70 Å². The summed E-state index contributed by atoms with van der Waals surface area (Å²) in [6.07, 6.45) is 2.45. The summed E-state index contributed by atoms with van der Waals surface area (Å²) in [7, 11) is 0. The second kappa shape index (κ2) is 4.84. The molecule has 0 fully saturated rings. The van der Waals surface area contributed by atoms with Crippen molar-refractivity contribution in [3.63, 3.8) is 0 Å². The first-order chi connectivity index (χ1) is 10.4. The van der Waals surface area contributed by atoms with Crippen LogP contribution < -0.4 is 10.3 Å². The van der Waals surface area contributed by atoms with Crippen LogP contribution in [0, 0.1) is 0 Å². The lowest BCUT2D eigenvalue weighted by Crippen LogP contribution is -2.32. The van der Waals surface area contributed by atoms with E-state index in [1.165, 1.54) is 12.1 Å². The minimum Gasteiger partial charge on any atom is -0.492 e. The molecule has 1 aromatic heterocycles. The number of nitrogens with zero attached hydrogens (tertiary/aromatic N) is 2. The zero-order chi connectivity index (χ0) is 15.9. The van der Waals surface area contributed by atoms with Crippen molar-refractivity contribution in [1.29, 1.82) is 0 Å². The maximum absolute atomic E-state index is 12.1. The Kier molecular flexibility index (Phi) is 3.09. The number of benzene rings is 1. The van der Waals surface area contributed by atoms with Gasteiger partial charge in [-0.2, -0.15) is 4.68 Å². The molecule has 1 aliphatic heterocycles. The van der Waals surface area contributed by atoms with E-state index in [9.17, 15) is 14.7 Å². The molecule has 0 spiro atoms. The molecule has 0 amide bonds. The summed E-state index contributed by atoms with van der Waals surface area (Å²) in [6.45, 7) is 3.69. The smallest absolute Gasteiger partial charge is 0.271 e. The molecule has 2 aromatic rings. The third-order valence-corrected chi connectivity index (χ3v) is 3.29. The van der Waals surface area contributed by atoms with Gasteiger partial charge in [0, 0.05) is 23.3 Å². The van der Waals surface area contributed by atoms with Crippen molar-refractivity contribution in [3.8, 4) is 11.6 Å². The summed E-state index contributed by atoms with van der Waals surface area (Å²) < 4.78 is 6.95. The molecule has 0 radical (unpaired) electrons. The third-order valence-electron chi connectivity index (χ3n) is 3.29. The highest BCUT2D eigenvalue weighted by Gasteiger charge is 2.28. The third kappa shape index (κ3) is 2.39. The summed E-state index contributed by atoms with van der Waals surface area (Å²) in [6, 6.07) is 7.41. The molecule has 6 nitrogen and oxygen atoms in total. The van der Waals surface area contributed by atoms with Crippen LogP contribution in [0.2, 0.25) is 0 Å². The zero-order valence-electron chi connectivity index (χ0n) is 12.1. The second-order valence-electron chi connectivity index (χ2n) is 5.55. The molecule has 3 rings (SSSR count). The molecule has 6 heteroatoms. The maximum atomic E-state index is 12.1. The molecule has 1 aromatic carbocycles. The summed E-state index contributed by atoms with van der Waals surface area (Å²) in [5, 5.41) is 13.4. The van der Waals surface area contributed by atoms with Gasteiger partial charge in [0.15, 0.2) is 0 Å². The van der Waals surface area contributed by atoms with Gasteiger partial charge in [-0.15, -0.1) is 5.10 Å². The Balaban J connectivity index is 2.29. The molecule has 0 bridgehead atoms. The van der Waals surface area contributed by atoms with Crippen LogP contribution >= 0.6 is 0 Å². The Bertz CT molecular complexity index is 849. The molecule has 2 heterocycles. The van der Waals surface area contributed by atoms with Gasteiger partial charge >= 0.3 is 0 Å². The predicted molar refractivity (Wildman–Crippen MR) is 80.1 cm³/mol. The number of aldehydes is 1. The number of aromatic nitrogens is 2. The number of fused-ring (bicyclic) bond motifs is 1. The maximum Gasteiger partial charge on any atom is 0.271 e. The van der Waals surface area contributed by atoms with Crippen LogP contribution in [0.4, 0.5) is 0 Å². The van der Waals surface area contributed by atoms with Crippen molar-refractivity contribution < 1.29 is 14.6 Å². The number of carbonyl (C=O) groups excluding carboxylic acids is 1. The Labute approximate surface area is 126 Å². The second-order valence-corrected chi connectivity index (χ2v) is 5.55. The van der Waals surface area contributed by atoms with Gasteiger partial charge in [0.1, 0.15) is 17.6 Å². The van der Waals surface area contributed by atoms with E-state index >= 15 is 0 Å². The van der Waals surface area contributed by atoms with E-state index in [1.807, 2.05) is 13.8 Å².